The first-order valence-corrected chi connectivity index (χ1v) is 7.96. The van der Waals surface area contributed by atoms with Crippen LogP contribution in [0.1, 0.15) is 17.3 Å². The average Bonchev–Trinajstić information content (AvgIpc) is 2.55. The highest BCUT2D eigenvalue weighted by atomic mass is 32.2. The van der Waals surface area contributed by atoms with Crippen LogP contribution in [-0.4, -0.2) is 34.2 Å². The number of nitrogens with one attached hydrogen (secondary N) is 1. The maximum absolute atomic E-state index is 12.8. The number of aromatic nitrogens is 2. The van der Waals surface area contributed by atoms with Crippen molar-refractivity contribution in [1.82, 2.24) is 9.97 Å². The topological polar surface area (TPSA) is 107 Å². The van der Waals surface area contributed by atoms with Gasteiger partial charge in [0.15, 0.2) is 5.16 Å². The summed E-state index contributed by atoms with van der Waals surface area (Å²) < 4.78 is 17.6. The monoisotopic (exact) mass is 350 g/mol. The molecule has 3 N–H and O–H groups in total. The van der Waals surface area contributed by atoms with E-state index in [1.54, 1.807) is 6.92 Å². The molecule has 7 nitrogen and oxygen atoms in total. The van der Waals surface area contributed by atoms with Crippen LogP contribution in [0.4, 0.5) is 15.9 Å². The predicted octanol–water partition coefficient (Wildman–Crippen LogP) is 2.11. The van der Waals surface area contributed by atoms with Crippen LogP contribution in [-0.2, 0) is 9.53 Å². The fourth-order valence-corrected chi connectivity index (χ4v) is 2.30. The highest BCUT2D eigenvalue weighted by molar-refractivity contribution is 7.99. The largest absolute Gasteiger partial charge is 0.462 e. The number of nitrogens with zero attached hydrogens (tertiary/aromatic N) is 2. The Kier molecular flexibility index (Phi) is 6.07. The van der Waals surface area contributed by atoms with Crippen molar-refractivity contribution in [2.24, 2.45) is 0 Å². The van der Waals surface area contributed by atoms with Crippen LogP contribution in [0.3, 0.4) is 0 Å². The van der Waals surface area contributed by atoms with E-state index < -0.39 is 5.97 Å². The second-order valence-electron chi connectivity index (χ2n) is 4.52. The lowest BCUT2D eigenvalue weighted by Gasteiger charge is -2.06. The number of hydrogen-bond donors (Lipinski definition) is 2. The summed E-state index contributed by atoms with van der Waals surface area (Å²) in [6, 6.07) is 5.42. The zero-order valence-corrected chi connectivity index (χ0v) is 13.6. The standard InChI is InChI=1S/C15H15FN4O3S/c1-2-23-14(22)11-7-18-15(20-13(11)17)24-8-12(21)19-10-5-3-9(16)4-6-10/h3-7H,2,8H2,1H3,(H,19,21)(H2,17,18,20). The van der Waals surface area contributed by atoms with Crippen LogP contribution in [0.15, 0.2) is 35.6 Å². The van der Waals surface area contributed by atoms with Crippen molar-refractivity contribution in [3.05, 3.63) is 41.8 Å². The maximum atomic E-state index is 12.8. The Labute approximate surface area is 141 Å². The molecule has 1 heterocycles. The van der Waals surface area contributed by atoms with Gasteiger partial charge in [-0.25, -0.2) is 19.2 Å². The van der Waals surface area contributed by atoms with Gasteiger partial charge >= 0.3 is 5.97 Å². The van der Waals surface area contributed by atoms with Crippen molar-refractivity contribution in [3.63, 3.8) is 0 Å². The van der Waals surface area contributed by atoms with E-state index in [1.165, 1.54) is 30.5 Å². The zero-order chi connectivity index (χ0) is 17.5. The van der Waals surface area contributed by atoms with Gasteiger partial charge in [-0.05, 0) is 31.2 Å². The van der Waals surface area contributed by atoms with E-state index in [0.29, 0.717) is 5.69 Å². The lowest BCUT2D eigenvalue weighted by Crippen LogP contribution is -2.15. The molecule has 0 unspecified atom stereocenters. The third-order valence-electron chi connectivity index (χ3n) is 2.75. The molecular formula is C15H15FN4O3S. The molecule has 0 bridgehead atoms. The summed E-state index contributed by atoms with van der Waals surface area (Å²) in [5, 5.41) is 2.87. The number of thioether (sulfide) groups is 1. The van der Waals surface area contributed by atoms with Gasteiger partial charge in [0, 0.05) is 11.9 Å². The summed E-state index contributed by atoms with van der Waals surface area (Å²) in [4.78, 5) is 31.4. The normalized spacial score (nSPS) is 10.2. The van der Waals surface area contributed by atoms with Gasteiger partial charge in [0.05, 0.1) is 12.4 Å². The molecule has 9 heteroatoms. The summed E-state index contributed by atoms with van der Waals surface area (Å²) in [5.41, 5.74) is 6.26. The highest BCUT2D eigenvalue weighted by Gasteiger charge is 2.14. The number of rotatable bonds is 6. The number of hydrogen-bond acceptors (Lipinski definition) is 7. The molecule has 24 heavy (non-hydrogen) atoms. The van der Waals surface area contributed by atoms with Crippen LogP contribution < -0.4 is 11.1 Å². The third-order valence-corrected chi connectivity index (χ3v) is 3.61. The van der Waals surface area contributed by atoms with Crippen LogP contribution in [0, 0.1) is 5.82 Å². The summed E-state index contributed by atoms with van der Waals surface area (Å²) in [5.74, 6) is -1.25. The zero-order valence-electron chi connectivity index (χ0n) is 12.8. The van der Waals surface area contributed by atoms with E-state index in [1.807, 2.05) is 0 Å². The molecule has 1 aromatic carbocycles. The molecule has 0 saturated heterocycles. The lowest BCUT2D eigenvalue weighted by molar-refractivity contribution is -0.113. The van der Waals surface area contributed by atoms with Crippen molar-refractivity contribution in [2.45, 2.75) is 12.1 Å². The molecule has 1 aromatic heterocycles. The molecule has 0 aliphatic heterocycles. The number of anilines is 2. The minimum Gasteiger partial charge on any atom is -0.462 e. The smallest absolute Gasteiger partial charge is 0.343 e. The highest BCUT2D eigenvalue weighted by Crippen LogP contribution is 2.17. The van der Waals surface area contributed by atoms with E-state index in [9.17, 15) is 14.0 Å². The minimum atomic E-state index is -0.597. The number of nitrogens with two attached hydrogens (primary N) is 1. The maximum Gasteiger partial charge on any atom is 0.343 e. The molecular weight excluding hydrogens is 335 g/mol. The van der Waals surface area contributed by atoms with Gasteiger partial charge in [-0.15, -0.1) is 0 Å². The Morgan fingerprint density at radius 2 is 2.04 bits per heavy atom. The van der Waals surface area contributed by atoms with E-state index in [2.05, 4.69) is 15.3 Å². The molecule has 0 saturated carbocycles. The molecule has 0 aliphatic carbocycles. The number of ether oxygens (including phenoxy) is 1. The molecule has 2 aromatic rings. The van der Waals surface area contributed by atoms with Gasteiger partial charge in [0.1, 0.15) is 17.2 Å². The van der Waals surface area contributed by atoms with E-state index in [-0.39, 0.29) is 40.6 Å². The Morgan fingerprint density at radius 3 is 2.67 bits per heavy atom. The predicted molar refractivity (Wildman–Crippen MR) is 88.2 cm³/mol. The van der Waals surface area contributed by atoms with E-state index in [0.717, 1.165) is 11.8 Å². The Morgan fingerprint density at radius 1 is 1.33 bits per heavy atom. The van der Waals surface area contributed by atoms with Crippen molar-refractivity contribution >= 4 is 35.1 Å². The van der Waals surface area contributed by atoms with Gasteiger partial charge in [-0.2, -0.15) is 0 Å². The number of carbonyl (C=O) groups excluding carboxylic acids is 2. The van der Waals surface area contributed by atoms with Crippen molar-refractivity contribution in [3.8, 4) is 0 Å². The van der Waals surface area contributed by atoms with Gasteiger partial charge in [-0.1, -0.05) is 11.8 Å². The van der Waals surface area contributed by atoms with Crippen molar-refractivity contribution < 1.29 is 18.7 Å². The molecule has 126 valence electrons. The number of benzene rings is 1. The molecule has 2 rings (SSSR count). The van der Waals surface area contributed by atoms with Crippen LogP contribution in [0.2, 0.25) is 0 Å². The first-order valence-electron chi connectivity index (χ1n) is 6.97. The fraction of sp³-hybridized carbons (Fsp3) is 0.200. The number of halogens is 1. The van der Waals surface area contributed by atoms with Crippen LogP contribution in [0.5, 0.6) is 0 Å². The van der Waals surface area contributed by atoms with Crippen molar-refractivity contribution in [1.29, 1.82) is 0 Å². The Balaban J connectivity index is 1.91. The summed E-state index contributed by atoms with van der Waals surface area (Å²) in [6.07, 6.45) is 1.26. The summed E-state index contributed by atoms with van der Waals surface area (Å²) in [7, 11) is 0. The Hall–Kier alpha value is -2.68. The summed E-state index contributed by atoms with van der Waals surface area (Å²) in [6.45, 7) is 1.90. The third kappa shape index (κ3) is 4.92. The lowest BCUT2D eigenvalue weighted by atomic mass is 10.3. The summed E-state index contributed by atoms with van der Waals surface area (Å²) >= 11 is 1.06. The molecule has 0 fully saturated rings. The van der Waals surface area contributed by atoms with Crippen molar-refractivity contribution in [2.75, 3.05) is 23.4 Å². The second kappa shape index (κ2) is 8.25. The first-order chi connectivity index (χ1) is 11.5. The molecule has 0 spiro atoms. The molecule has 0 atom stereocenters. The Bertz CT molecular complexity index is 740. The quantitative estimate of drug-likeness (QED) is 0.467. The molecule has 0 radical (unpaired) electrons. The number of esters is 1. The minimum absolute atomic E-state index is 0.00936. The molecule has 1 amide bonds. The number of nitrogen functional groups attached to an aromatic ring is 1. The number of amides is 1. The second-order valence-corrected chi connectivity index (χ2v) is 5.46. The van der Waals surface area contributed by atoms with Gasteiger partial charge in [0.25, 0.3) is 0 Å². The number of carbonyl (C=O) groups is 2. The molecule has 0 aliphatic rings. The van der Waals surface area contributed by atoms with Gasteiger partial charge < -0.3 is 15.8 Å². The fourth-order valence-electron chi connectivity index (χ4n) is 1.67. The van der Waals surface area contributed by atoms with E-state index >= 15 is 0 Å². The van der Waals surface area contributed by atoms with Gasteiger partial charge in [0.2, 0.25) is 5.91 Å². The SMILES string of the molecule is CCOC(=O)c1cnc(SCC(=O)Nc2ccc(F)cc2)nc1N. The average molecular weight is 350 g/mol. The van der Waals surface area contributed by atoms with Gasteiger partial charge in [-0.3, -0.25) is 4.79 Å². The van der Waals surface area contributed by atoms with Crippen LogP contribution >= 0.6 is 11.8 Å². The first kappa shape index (κ1) is 17.7. The van der Waals surface area contributed by atoms with Crippen LogP contribution in [0.25, 0.3) is 0 Å². The van der Waals surface area contributed by atoms with E-state index in [4.69, 9.17) is 10.5 Å².